The quantitative estimate of drug-likeness (QED) is 0.805. The van der Waals surface area contributed by atoms with Crippen molar-refractivity contribution in [3.8, 4) is 5.69 Å². The van der Waals surface area contributed by atoms with Gasteiger partial charge in [0.1, 0.15) is 5.82 Å². The fourth-order valence-electron chi connectivity index (χ4n) is 4.24. The Morgan fingerprint density at radius 1 is 1.18 bits per heavy atom. The lowest BCUT2D eigenvalue weighted by atomic mass is 9.96. The van der Waals surface area contributed by atoms with Gasteiger partial charge in [0.2, 0.25) is 0 Å². The summed E-state index contributed by atoms with van der Waals surface area (Å²) < 4.78 is 54.6. The van der Waals surface area contributed by atoms with E-state index in [4.69, 9.17) is 0 Å². The van der Waals surface area contributed by atoms with E-state index in [2.05, 4.69) is 5.10 Å². The Morgan fingerprint density at radius 3 is 2.50 bits per heavy atom. The lowest BCUT2D eigenvalue weighted by molar-refractivity contribution is -0.188. The van der Waals surface area contributed by atoms with Crippen LogP contribution >= 0.6 is 0 Å². The summed E-state index contributed by atoms with van der Waals surface area (Å²) in [6, 6.07) is 5.90. The van der Waals surface area contributed by atoms with Gasteiger partial charge in [0.05, 0.1) is 23.2 Å². The molecule has 1 N–H and O–H groups in total. The lowest BCUT2D eigenvalue weighted by Crippen LogP contribution is -2.33. The van der Waals surface area contributed by atoms with Gasteiger partial charge < -0.3 is 5.11 Å². The van der Waals surface area contributed by atoms with Crippen LogP contribution in [0, 0.1) is 17.7 Å². The number of alkyl halides is 3. The third-order valence-corrected chi connectivity index (χ3v) is 5.59. The normalized spacial score (nSPS) is 22.6. The van der Waals surface area contributed by atoms with E-state index in [9.17, 15) is 27.5 Å². The predicted octanol–water partition coefficient (Wildman–Crippen LogP) is 3.20. The van der Waals surface area contributed by atoms with Crippen LogP contribution in [0.1, 0.15) is 23.4 Å². The van der Waals surface area contributed by atoms with Crippen LogP contribution < -0.4 is 0 Å². The van der Waals surface area contributed by atoms with Gasteiger partial charge in [-0.15, -0.1) is 0 Å². The summed E-state index contributed by atoms with van der Waals surface area (Å²) >= 11 is 0. The third-order valence-electron chi connectivity index (χ3n) is 5.59. The Hall–Kier alpha value is -2.42. The number of fused-ring (bicyclic) bond motifs is 1. The van der Waals surface area contributed by atoms with E-state index in [0.29, 0.717) is 11.4 Å². The number of nitrogens with zero attached hydrogens (tertiary/aromatic N) is 3. The molecule has 0 amide bonds. The molecule has 1 fully saturated rings. The molecule has 2 aromatic rings. The van der Waals surface area contributed by atoms with Gasteiger partial charge in [-0.25, -0.2) is 9.07 Å². The molecule has 0 spiro atoms. The minimum atomic E-state index is -4.55. The summed E-state index contributed by atoms with van der Waals surface area (Å²) in [5, 5.41) is 13.8. The number of aromatic nitrogens is 2. The summed E-state index contributed by atoms with van der Waals surface area (Å²) in [4.78, 5) is 12.8. The number of hydrogen-bond donors (Lipinski definition) is 1. The summed E-state index contributed by atoms with van der Waals surface area (Å²) in [6.07, 6.45) is -2.05. The molecule has 1 aromatic heterocycles. The Morgan fingerprint density at radius 2 is 1.89 bits per heavy atom. The second-order valence-corrected chi connectivity index (χ2v) is 7.40. The van der Waals surface area contributed by atoms with Crippen LogP contribution in [0.3, 0.4) is 0 Å². The first-order valence-corrected chi connectivity index (χ1v) is 9.11. The van der Waals surface area contributed by atoms with Crippen LogP contribution in [-0.2, 0) is 24.2 Å². The second kappa shape index (κ2) is 6.88. The van der Waals surface area contributed by atoms with Crippen LogP contribution in [0.15, 0.2) is 24.3 Å². The van der Waals surface area contributed by atoms with Crippen molar-refractivity contribution in [2.45, 2.75) is 32.0 Å². The molecule has 1 aliphatic heterocycles. The van der Waals surface area contributed by atoms with Gasteiger partial charge in [-0.1, -0.05) is 0 Å². The number of aliphatic carboxylic acids is 1. The van der Waals surface area contributed by atoms with E-state index < -0.39 is 24.0 Å². The maximum absolute atomic E-state index is 13.2. The van der Waals surface area contributed by atoms with E-state index >= 15 is 0 Å². The highest BCUT2D eigenvalue weighted by Gasteiger charge is 2.52. The molecular weight excluding hydrogens is 378 g/mol. The van der Waals surface area contributed by atoms with Crippen LogP contribution in [0.5, 0.6) is 0 Å². The number of hydrogen-bond acceptors (Lipinski definition) is 3. The fourth-order valence-corrected chi connectivity index (χ4v) is 4.24. The average Bonchev–Trinajstić information content (AvgIpc) is 3.31. The minimum absolute atomic E-state index is 0.155. The Kier molecular flexibility index (Phi) is 4.65. The molecule has 0 radical (unpaired) electrons. The molecule has 2 heterocycles. The highest BCUT2D eigenvalue weighted by atomic mass is 19.4. The summed E-state index contributed by atoms with van der Waals surface area (Å²) in [6.45, 7) is -0.330. The molecule has 1 saturated heterocycles. The van der Waals surface area contributed by atoms with E-state index in [-0.39, 0.29) is 25.5 Å². The molecule has 1 aliphatic carbocycles. The van der Waals surface area contributed by atoms with Crippen LogP contribution in [0.4, 0.5) is 17.6 Å². The standard InChI is InChI=1S/C19H19F4N3O2/c20-11-4-6-12(7-5-11)26-17-3-1-2-13(17)16(24-26)10-25-8-14(18(27)28)15(9-25)19(21,22)23/h4-7,14-15H,1-3,8-10H2,(H,27,28)/t14-,15-/m1/s1. The van der Waals surface area contributed by atoms with Crippen molar-refractivity contribution < 1.29 is 27.5 Å². The summed E-state index contributed by atoms with van der Waals surface area (Å²) in [5.41, 5.74) is 3.36. The van der Waals surface area contributed by atoms with E-state index in [1.165, 1.54) is 17.0 Å². The molecule has 5 nitrogen and oxygen atoms in total. The largest absolute Gasteiger partial charge is 0.481 e. The summed E-state index contributed by atoms with van der Waals surface area (Å²) in [5.74, 6) is -5.13. The van der Waals surface area contributed by atoms with E-state index in [0.717, 1.165) is 30.5 Å². The van der Waals surface area contributed by atoms with Crippen LogP contribution in [0.25, 0.3) is 5.69 Å². The first-order valence-electron chi connectivity index (χ1n) is 9.11. The first kappa shape index (κ1) is 18.9. The van der Waals surface area contributed by atoms with Gasteiger partial charge in [0.25, 0.3) is 0 Å². The molecule has 150 valence electrons. The summed E-state index contributed by atoms with van der Waals surface area (Å²) in [7, 11) is 0. The van der Waals surface area contributed by atoms with Crippen LogP contribution in [-0.4, -0.2) is 45.0 Å². The Balaban J connectivity index is 1.60. The van der Waals surface area contributed by atoms with Gasteiger partial charge in [0.15, 0.2) is 0 Å². The van der Waals surface area contributed by atoms with E-state index in [1.807, 2.05) is 0 Å². The molecule has 9 heteroatoms. The SMILES string of the molecule is O=C(O)[C@@H]1CN(Cc2nn(-c3ccc(F)cc3)c3c2CCC3)C[C@H]1C(F)(F)F. The molecule has 0 unspecified atom stereocenters. The van der Waals surface area contributed by atoms with Crippen molar-refractivity contribution in [3.63, 3.8) is 0 Å². The van der Waals surface area contributed by atoms with Crippen molar-refractivity contribution in [3.05, 3.63) is 47.0 Å². The minimum Gasteiger partial charge on any atom is -0.481 e. The van der Waals surface area contributed by atoms with Crippen molar-refractivity contribution in [2.24, 2.45) is 11.8 Å². The number of carboxylic acid groups (broad SMARTS) is 1. The first-order chi connectivity index (χ1) is 13.2. The van der Waals surface area contributed by atoms with Gasteiger partial charge in [-0.3, -0.25) is 9.69 Å². The molecule has 0 bridgehead atoms. The van der Waals surface area contributed by atoms with Gasteiger partial charge in [0, 0.05) is 25.3 Å². The number of rotatable bonds is 4. The zero-order valence-electron chi connectivity index (χ0n) is 14.9. The van der Waals surface area contributed by atoms with E-state index in [1.54, 1.807) is 16.8 Å². The second-order valence-electron chi connectivity index (χ2n) is 7.40. The maximum atomic E-state index is 13.2. The molecule has 2 aliphatic rings. The monoisotopic (exact) mass is 397 g/mol. The van der Waals surface area contributed by atoms with Crippen molar-refractivity contribution in [1.29, 1.82) is 0 Å². The number of likely N-dealkylation sites (tertiary alicyclic amines) is 1. The van der Waals surface area contributed by atoms with Crippen molar-refractivity contribution >= 4 is 5.97 Å². The fraction of sp³-hybridized carbons (Fsp3) is 0.474. The number of halogens is 4. The Bertz CT molecular complexity index is 892. The van der Waals surface area contributed by atoms with Crippen LogP contribution in [0.2, 0.25) is 0 Å². The van der Waals surface area contributed by atoms with Gasteiger partial charge >= 0.3 is 12.1 Å². The van der Waals surface area contributed by atoms with Crippen molar-refractivity contribution in [2.75, 3.05) is 13.1 Å². The number of carboxylic acids is 1. The molecule has 4 rings (SSSR count). The third kappa shape index (κ3) is 3.39. The molecule has 1 aromatic carbocycles. The zero-order chi connectivity index (χ0) is 20.1. The van der Waals surface area contributed by atoms with Gasteiger partial charge in [-0.2, -0.15) is 18.3 Å². The Labute approximate surface area is 158 Å². The maximum Gasteiger partial charge on any atom is 0.393 e. The molecular formula is C19H19F4N3O2. The zero-order valence-corrected chi connectivity index (χ0v) is 14.9. The van der Waals surface area contributed by atoms with Gasteiger partial charge in [-0.05, 0) is 49.1 Å². The highest BCUT2D eigenvalue weighted by molar-refractivity contribution is 5.71. The molecule has 0 saturated carbocycles. The van der Waals surface area contributed by atoms with Crippen molar-refractivity contribution in [1.82, 2.24) is 14.7 Å². The molecule has 2 atom stereocenters. The highest BCUT2D eigenvalue weighted by Crippen LogP contribution is 2.39. The lowest BCUT2D eigenvalue weighted by Gasteiger charge is -2.18. The number of carbonyl (C=O) groups is 1. The predicted molar refractivity (Wildman–Crippen MR) is 91.5 cm³/mol. The molecule has 28 heavy (non-hydrogen) atoms. The average molecular weight is 397 g/mol. The number of benzene rings is 1. The smallest absolute Gasteiger partial charge is 0.393 e. The topological polar surface area (TPSA) is 58.4 Å².